The van der Waals surface area contributed by atoms with Crippen LogP contribution in [0, 0.1) is 0 Å². The first kappa shape index (κ1) is 7.62. The van der Waals surface area contributed by atoms with Crippen molar-refractivity contribution in [2.75, 3.05) is 11.9 Å². The number of anilines is 1. The summed E-state index contributed by atoms with van der Waals surface area (Å²) in [6.07, 6.45) is 1.00. The Balaban J connectivity index is 2.52. The highest BCUT2D eigenvalue weighted by Crippen LogP contribution is 2.31. The van der Waals surface area contributed by atoms with Gasteiger partial charge in [0.1, 0.15) is 0 Å². The molecule has 0 fully saturated rings. The number of benzene rings is 1. The van der Waals surface area contributed by atoms with Gasteiger partial charge < -0.3 is 11.1 Å². The molecule has 0 aromatic heterocycles. The van der Waals surface area contributed by atoms with E-state index in [1.54, 1.807) is 0 Å². The molecule has 0 bridgehead atoms. The topological polar surface area (TPSA) is 38.0 Å². The zero-order valence-corrected chi connectivity index (χ0v) is 7.30. The molecule has 0 saturated carbocycles. The first-order valence-electron chi connectivity index (χ1n) is 4.32. The standard InChI is InChI=1S/C10H14N2/c1-10(11)6-7-12-9-5-3-2-4-8(9)10/h2-5,12H,6-7,11H2,1H3/t10-/m1/s1. The second kappa shape index (κ2) is 2.49. The normalized spacial score (nSPS) is 27.5. The molecule has 2 heteroatoms. The second-order valence-corrected chi connectivity index (χ2v) is 3.64. The Bertz CT molecular complexity index is 292. The van der Waals surface area contributed by atoms with Gasteiger partial charge in [-0.1, -0.05) is 18.2 Å². The smallest absolute Gasteiger partial charge is 0.0418 e. The van der Waals surface area contributed by atoms with Crippen LogP contribution in [0.5, 0.6) is 0 Å². The van der Waals surface area contributed by atoms with E-state index in [-0.39, 0.29) is 5.54 Å². The van der Waals surface area contributed by atoms with Gasteiger partial charge in [-0.25, -0.2) is 0 Å². The molecule has 0 saturated heterocycles. The van der Waals surface area contributed by atoms with Crippen molar-refractivity contribution in [2.24, 2.45) is 5.73 Å². The number of nitrogens with two attached hydrogens (primary N) is 1. The minimum Gasteiger partial charge on any atom is -0.385 e. The number of fused-ring (bicyclic) bond motifs is 1. The Morgan fingerprint density at radius 1 is 1.42 bits per heavy atom. The summed E-state index contributed by atoms with van der Waals surface area (Å²) in [7, 11) is 0. The lowest BCUT2D eigenvalue weighted by atomic mass is 9.86. The predicted molar refractivity (Wildman–Crippen MR) is 51.1 cm³/mol. The fourth-order valence-corrected chi connectivity index (χ4v) is 1.73. The van der Waals surface area contributed by atoms with Crippen molar-refractivity contribution in [3.63, 3.8) is 0 Å². The van der Waals surface area contributed by atoms with Crippen LogP contribution in [0.2, 0.25) is 0 Å². The fraction of sp³-hybridized carbons (Fsp3) is 0.400. The largest absolute Gasteiger partial charge is 0.385 e. The average molecular weight is 162 g/mol. The summed E-state index contributed by atoms with van der Waals surface area (Å²) < 4.78 is 0. The third-order valence-electron chi connectivity index (χ3n) is 2.50. The molecule has 1 heterocycles. The first-order valence-corrected chi connectivity index (χ1v) is 4.32. The molecule has 2 rings (SSSR count). The molecule has 0 amide bonds. The minimum atomic E-state index is -0.151. The van der Waals surface area contributed by atoms with Gasteiger partial charge in [-0.2, -0.15) is 0 Å². The number of nitrogens with one attached hydrogen (secondary N) is 1. The van der Waals surface area contributed by atoms with Crippen molar-refractivity contribution < 1.29 is 0 Å². The van der Waals surface area contributed by atoms with Gasteiger partial charge in [-0.05, 0) is 25.0 Å². The molecular formula is C10H14N2. The van der Waals surface area contributed by atoms with Crippen LogP contribution in [0.4, 0.5) is 5.69 Å². The third-order valence-corrected chi connectivity index (χ3v) is 2.50. The minimum absolute atomic E-state index is 0.151. The van der Waals surface area contributed by atoms with Gasteiger partial charge in [0.15, 0.2) is 0 Å². The van der Waals surface area contributed by atoms with Crippen molar-refractivity contribution in [1.82, 2.24) is 0 Å². The van der Waals surface area contributed by atoms with E-state index >= 15 is 0 Å². The van der Waals surface area contributed by atoms with Crippen molar-refractivity contribution >= 4 is 5.69 Å². The maximum absolute atomic E-state index is 6.15. The Morgan fingerprint density at radius 2 is 2.17 bits per heavy atom. The Morgan fingerprint density at radius 3 is 2.92 bits per heavy atom. The van der Waals surface area contributed by atoms with Crippen molar-refractivity contribution in [3.05, 3.63) is 29.8 Å². The summed E-state index contributed by atoms with van der Waals surface area (Å²) in [5, 5.41) is 3.34. The summed E-state index contributed by atoms with van der Waals surface area (Å²) in [4.78, 5) is 0. The SMILES string of the molecule is C[C@@]1(N)CCNc2ccccc21. The number of hydrogen-bond donors (Lipinski definition) is 2. The molecule has 2 nitrogen and oxygen atoms in total. The molecular weight excluding hydrogens is 148 g/mol. The summed E-state index contributed by atoms with van der Waals surface area (Å²) in [6.45, 7) is 3.07. The van der Waals surface area contributed by atoms with E-state index in [2.05, 4.69) is 24.4 Å². The quantitative estimate of drug-likeness (QED) is 0.609. The molecule has 1 aromatic carbocycles. The molecule has 1 atom stereocenters. The lowest BCUT2D eigenvalue weighted by Gasteiger charge is -2.32. The van der Waals surface area contributed by atoms with Gasteiger partial charge >= 0.3 is 0 Å². The maximum Gasteiger partial charge on any atom is 0.0418 e. The highest BCUT2D eigenvalue weighted by atomic mass is 14.9. The van der Waals surface area contributed by atoms with Gasteiger partial charge in [0.25, 0.3) is 0 Å². The Kier molecular flexibility index (Phi) is 1.58. The first-order chi connectivity index (χ1) is 5.70. The lowest BCUT2D eigenvalue weighted by Crippen LogP contribution is -2.39. The van der Waals surface area contributed by atoms with Crippen LogP contribution in [0.25, 0.3) is 0 Å². The molecule has 3 N–H and O–H groups in total. The van der Waals surface area contributed by atoms with Crippen LogP contribution < -0.4 is 11.1 Å². The average Bonchev–Trinajstić information content (AvgIpc) is 2.04. The number of para-hydroxylation sites is 1. The molecule has 0 aliphatic carbocycles. The van der Waals surface area contributed by atoms with Crippen LogP contribution >= 0.6 is 0 Å². The van der Waals surface area contributed by atoms with Gasteiger partial charge in [0, 0.05) is 17.8 Å². The molecule has 0 unspecified atom stereocenters. The number of rotatable bonds is 0. The summed E-state index contributed by atoms with van der Waals surface area (Å²) in [5.74, 6) is 0. The van der Waals surface area contributed by atoms with Crippen molar-refractivity contribution in [1.29, 1.82) is 0 Å². The monoisotopic (exact) mass is 162 g/mol. The molecule has 1 aliphatic heterocycles. The van der Waals surface area contributed by atoms with E-state index in [0.29, 0.717) is 0 Å². The maximum atomic E-state index is 6.15. The highest BCUT2D eigenvalue weighted by Gasteiger charge is 2.26. The van der Waals surface area contributed by atoms with E-state index in [9.17, 15) is 0 Å². The molecule has 1 aliphatic rings. The van der Waals surface area contributed by atoms with Gasteiger partial charge in [0.05, 0.1) is 0 Å². The Hall–Kier alpha value is -1.02. The van der Waals surface area contributed by atoms with Crippen molar-refractivity contribution in [3.8, 4) is 0 Å². The van der Waals surface area contributed by atoms with E-state index in [1.165, 1.54) is 11.3 Å². The third kappa shape index (κ3) is 1.08. The zero-order valence-electron chi connectivity index (χ0n) is 7.30. The highest BCUT2D eigenvalue weighted by molar-refractivity contribution is 5.56. The van der Waals surface area contributed by atoms with Crippen LogP contribution in [0.15, 0.2) is 24.3 Å². The van der Waals surface area contributed by atoms with Gasteiger partial charge in [0.2, 0.25) is 0 Å². The van der Waals surface area contributed by atoms with Crippen LogP contribution in [-0.2, 0) is 5.54 Å². The Labute approximate surface area is 72.8 Å². The van der Waals surface area contributed by atoms with Crippen LogP contribution in [-0.4, -0.2) is 6.54 Å². The zero-order chi connectivity index (χ0) is 8.60. The van der Waals surface area contributed by atoms with E-state index in [0.717, 1.165) is 13.0 Å². The van der Waals surface area contributed by atoms with Crippen LogP contribution in [0.1, 0.15) is 18.9 Å². The number of hydrogen-bond acceptors (Lipinski definition) is 2. The van der Waals surface area contributed by atoms with Gasteiger partial charge in [-0.15, -0.1) is 0 Å². The molecule has 1 aromatic rings. The van der Waals surface area contributed by atoms with E-state index in [1.807, 2.05) is 12.1 Å². The summed E-state index contributed by atoms with van der Waals surface area (Å²) >= 11 is 0. The molecule has 64 valence electrons. The predicted octanol–water partition coefficient (Wildman–Crippen LogP) is 1.68. The second-order valence-electron chi connectivity index (χ2n) is 3.64. The summed E-state index contributed by atoms with van der Waals surface area (Å²) in [6, 6.07) is 8.26. The van der Waals surface area contributed by atoms with Crippen molar-refractivity contribution in [2.45, 2.75) is 18.9 Å². The van der Waals surface area contributed by atoms with E-state index in [4.69, 9.17) is 5.73 Å². The molecule has 12 heavy (non-hydrogen) atoms. The molecule has 0 spiro atoms. The summed E-state index contributed by atoms with van der Waals surface area (Å²) in [5.41, 5.74) is 8.42. The van der Waals surface area contributed by atoms with Gasteiger partial charge in [-0.3, -0.25) is 0 Å². The van der Waals surface area contributed by atoms with E-state index < -0.39 is 0 Å². The lowest BCUT2D eigenvalue weighted by molar-refractivity contribution is 0.455. The van der Waals surface area contributed by atoms with Crippen LogP contribution in [0.3, 0.4) is 0 Å². The fourth-order valence-electron chi connectivity index (χ4n) is 1.73. The molecule has 0 radical (unpaired) electrons.